The minimum Gasteiger partial charge on any atom is -0.405 e. The van der Waals surface area contributed by atoms with E-state index >= 15 is 0 Å². The van der Waals surface area contributed by atoms with Crippen LogP contribution in [0.3, 0.4) is 0 Å². The van der Waals surface area contributed by atoms with Gasteiger partial charge in [0, 0.05) is 24.9 Å². The van der Waals surface area contributed by atoms with Crippen molar-refractivity contribution in [3.63, 3.8) is 0 Å². The number of ether oxygens (including phenoxy) is 2. The number of benzene rings is 1. The lowest BCUT2D eigenvalue weighted by molar-refractivity contribution is -0.274. The fourth-order valence-corrected chi connectivity index (χ4v) is 2.54. The van der Waals surface area contributed by atoms with Gasteiger partial charge in [0.05, 0.1) is 4.47 Å². The summed E-state index contributed by atoms with van der Waals surface area (Å²) in [4.78, 5) is 0. The van der Waals surface area contributed by atoms with Crippen molar-refractivity contribution in [1.82, 2.24) is 0 Å². The van der Waals surface area contributed by atoms with Crippen LogP contribution in [0.5, 0.6) is 5.75 Å². The Bertz CT molecular complexity index is 446. The predicted molar refractivity (Wildman–Crippen MR) is 72.9 cm³/mol. The van der Waals surface area contributed by atoms with Crippen LogP contribution in [-0.4, -0.2) is 25.6 Å². The van der Waals surface area contributed by atoms with Gasteiger partial charge in [-0.25, -0.2) is 0 Å². The van der Waals surface area contributed by atoms with Crippen molar-refractivity contribution in [2.24, 2.45) is 0 Å². The zero-order valence-corrected chi connectivity index (χ0v) is 12.3. The van der Waals surface area contributed by atoms with Crippen molar-refractivity contribution in [2.45, 2.75) is 31.7 Å². The first-order valence-corrected chi connectivity index (χ1v) is 7.13. The first kappa shape index (κ1) is 15.4. The largest absolute Gasteiger partial charge is 0.573 e. The molecule has 0 aromatic heterocycles. The fraction of sp³-hybridized carbons (Fsp3) is 0.538. The zero-order chi connectivity index (χ0) is 14.6. The van der Waals surface area contributed by atoms with Crippen LogP contribution in [0.4, 0.5) is 18.9 Å². The number of rotatable bonds is 3. The van der Waals surface area contributed by atoms with Gasteiger partial charge in [0.2, 0.25) is 0 Å². The van der Waals surface area contributed by atoms with Gasteiger partial charge in [-0.3, -0.25) is 0 Å². The molecule has 0 bridgehead atoms. The monoisotopic (exact) mass is 353 g/mol. The third kappa shape index (κ3) is 4.86. The van der Waals surface area contributed by atoms with E-state index < -0.39 is 6.36 Å². The molecule has 1 aliphatic heterocycles. The van der Waals surface area contributed by atoms with Crippen LogP contribution in [0, 0.1) is 0 Å². The summed E-state index contributed by atoms with van der Waals surface area (Å²) < 4.78 is 46.0. The molecule has 112 valence electrons. The van der Waals surface area contributed by atoms with Crippen LogP contribution in [-0.2, 0) is 4.74 Å². The van der Waals surface area contributed by atoms with Gasteiger partial charge in [-0.2, -0.15) is 0 Å². The molecule has 3 nitrogen and oxygen atoms in total. The minimum absolute atomic E-state index is 0.243. The molecule has 1 fully saturated rings. The Labute approximate surface area is 123 Å². The molecule has 1 aliphatic rings. The van der Waals surface area contributed by atoms with Gasteiger partial charge in [-0.15, -0.1) is 13.2 Å². The zero-order valence-electron chi connectivity index (χ0n) is 10.7. The SMILES string of the molecule is FC(F)(F)Oc1ccc(NC2CCCOCC2)cc1Br. The van der Waals surface area contributed by atoms with Gasteiger partial charge in [0.15, 0.2) is 0 Å². The highest BCUT2D eigenvalue weighted by molar-refractivity contribution is 9.10. The summed E-state index contributed by atoms with van der Waals surface area (Å²) in [5.41, 5.74) is 0.762. The summed E-state index contributed by atoms with van der Waals surface area (Å²) in [5.74, 6) is -0.243. The lowest BCUT2D eigenvalue weighted by Crippen LogP contribution is -2.20. The maximum atomic E-state index is 12.2. The summed E-state index contributed by atoms with van der Waals surface area (Å²) >= 11 is 3.09. The Morgan fingerprint density at radius 2 is 2.05 bits per heavy atom. The van der Waals surface area contributed by atoms with Crippen LogP contribution < -0.4 is 10.1 Å². The molecule has 0 saturated carbocycles. The van der Waals surface area contributed by atoms with Crippen molar-refractivity contribution in [3.8, 4) is 5.75 Å². The Balaban J connectivity index is 2.01. The molecule has 2 rings (SSSR count). The number of anilines is 1. The summed E-state index contributed by atoms with van der Waals surface area (Å²) in [6, 6.07) is 4.75. The van der Waals surface area contributed by atoms with E-state index in [4.69, 9.17) is 4.74 Å². The molecule has 1 heterocycles. The topological polar surface area (TPSA) is 30.5 Å². The van der Waals surface area contributed by atoms with Crippen molar-refractivity contribution >= 4 is 21.6 Å². The molecule has 1 aromatic rings. The molecular formula is C13H15BrF3NO2. The van der Waals surface area contributed by atoms with E-state index in [1.54, 1.807) is 12.1 Å². The maximum Gasteiger partial charge on any atom is 0.573 e. The summed E-state index contributed by atoms with van der Waals surface area (Å²) in [6.45, 7) is 1.47. The molecule has 0 amide bonds. The van der Waals surface area contributed by atoms with Gasteiger partial charge >= 0.3 is 6.36 Å². The molecule has 1 aromatic carbocycles. The van der Waals surface area contributed by atoms with E-state index in [0.717, 1.165) is 31.6 Å². The first-order valence-electron chi connectivity index (χ1n) is 6.33. The van der Waals surface area contributed by atoms with Crippen LogP contribution in [0.1, 0.15) is 19.3 Å². The molecule has 20 heavy (non-hydrogen) atoms. The highest BCUT2D eigenvalue weighted by atomic mass is 79.9. The van der Waals surface area contributed by atoms with E-state index in [2.05, 4.69) is 26.0 Å². The Hall–Kier alpha value is -0.950. The molecule has 1 N–H and O–H groups in total. The molecule has 1 unspecified atom stereocenters. The maximum absolute atomic E-state index is 12.2. The number of hydrogen-bond acceptors (Lipinski definition) is 3. The second kappa shape index (κ2) is 6.67. The quantitative estimate of drug-likeness (QED) is 0.877. The molecule has 0 radical (unpaired) electrons. The van der Waals surface area contributed by atoms with E-state index in [9.17, 15) is 13.2 Å². The van der Waals surface area contributed by atoms with Crippen molar-refractivity contribution in [1.29, 1.82) is 0 Å². The number of halogens is 4. The molecule has 0 spiro atoms. The van der Waals surface area contributed by atoms with Crippen LogP contribution >= 0.6 is 15.9 Å². The normalized spacial score (nSPS) is 20.3. The highest BCUT2D eigenvalue weighted by Gasteiger charge is 2.32. The second-order valence-corrected chi connectivity index (χ2v) is 5.43. The number of hydrogen-bond donors (Lipinski definition) is 1. The number of nitrogens with one attached hydrogen (secondary N) is 1. The first-order chi connectivity index (χ1) is 9.44. The van der Waals surface area contributed by atoms with Crippen LogP contribution in [0.15, 0.2) is 22.7 Å². The summed E-state index contributed by atoms with van der Waals surface area (Å²) in [7, 11) is 0. The van der Waals surface area contributed by atoms with Crippen molar-refractivity contribution in [2.75, 3.05) is 18.5 Å². The minimum atomic E-state index is -4.68. The molecule has 1 saturated heterocycles. The van der Waals surface area contributed by atoms with Gasteiger partial charge in [0.25, 0.3) is 0 Å². The Kier molecular flexibility index (Phi) is 5.15. The van der Waals surface area contributed by atoms with Crippen molar-refractivity contribution in [3.05, 3.63) is 22.7 Å². The van der Waals surface area contributed by atoms with Crippen LogP contribution in [0.25, 0.3) is 0 Å². The van der Waals surface area contributed by atoms with Gasteiger partial charge in [0.1, 0.15) is 5.75 Å². The second-order valence-electron chi connectivity index (χ2n) is 4.58. The van der Waals surface area contributed by atoms with Gasteiger partial charge in [-0.05, 0) is 53.4 Å². The van der Waals surface area contributed by atoms with Gasteiger partial charge in [-0.1, -0.05) is 0 Å². The fourth-order valence-electron chi connectivity index (χ4n) is 2.08. The molecule has 7 heteroatoms. The third-order valence-corrected chi connectivity index (χ3v) is 3.60. The van der Waals surface area contributed by atoms with E-state index in [-0.39, 0.29) is 16.3 Å². The molecule has 1 atom stereocenters. The molecular weight excluding hydrogens is 339 g/mol. The van der Waals surface area contributed by atoms with Crippen molar-refractivity contribution < 1.29 is 22.6 Å². The summed E-state index contributed by atoms with van der Waals surface area (Å²) in [6.07, 6.45) is -1.83. The predicted octanol–water partition coefficient (Wildman–Crippen LogP) is 4.33. The smallest absolute Gasteiger partial charge is 0.405 e. The third-order valence-electron chi connectivity index (χ3n) is 2.98. The Morgan fingerprint density at radius 1 is 1.25 bits per heavy atom. The number of alkyl halides is 3. The lowest BCUT2D eigenvalue weighted by Gasteiger charge is -2.18. The van der Waals surface area contributed by atoms with Gasteiger partial charge < -0.3 is 14.8 Å². The van der Waals surface area contributed by atoms with E-state index in [0.29, 0.717) is 6.61 Å². The average Bonchev–Trinajstić information content (AvgIpc) is 2.60. The lowest BCUT2D eigenvalue weighted by atomic mass is 10.1. The summed E-state index contributed by atoms with van der Waals surface area (Å²) in [5, 5.41) is 3.30. The standard InChI is InChI=1S/C13H15BrF3NO2/c14-11-8-10(3-4-12(11)20-13(15,16)17)18-9-2-1-6-19-7-5-9/h3-4,8-9,18H,1-2,5-7H2. The van der Waals surface area contributed by atoms with Crippen LogP contribution in [0.2, 0.25) is 0 Å². The molecule has 0 aliphatic carbocycles. The Morgan fingerprint density at radius 3 is 2.75 bits per heavy atom. The average molecular weight is 354 g/mol. The van der Waals surface area contributed by atoms with E-state index in [1.807, 2.05) is 0 Å². The highest BCUT2D eigenvalue weighted by Crippen LogP contribution is 2.32. The van der Waals surface area contributed by atoms with E-state index in [1.165, 1.54) is 6.07 Å².